The van der Waals surface area contributed by atoms with Gasteiger partial charge in [-0.15, -0.1) is 29.3 Å². The first-order chi connectivity index (χ1) is 13.9. The van der Waals surface area contributed by atoms with Gasteiger partial charge in [-0.3, -0.25) is 0 Å². The molecule has 137 valence electrons. The molecule has 3 heteroatoms. The van der Waals surface area contributed by atoms with Crippen LogP contribution < -0.4 is 0 Å². The van der Waals surface area contributed by atoms with E-state index in [0.29, 0.717) is 0 Å². The number of benzene rings is 5. The van der Waals surface area contributed by atoms with E-state index < -0.39 is 0 Å². The molecule has 3 radical (unpaired) electrons. The van der Waals surface area contributed by atoms with Crippen LogP contribution in [0.3, 0.4) is 0 Å². The average Bonchev–Trinajstić information content (AvgIpc) is 3.10. The number of fused-ring (bicyclic) bond motifs is 6. The monoisotopic (exact) mass is 615 g/mol. The molecule has 0 saturated heterocycles. The van der Waals surface area contributed by atoms with E-state index in [1.165, 1.54) is 44.2 Å². The SMILES string of the molecule is [Y].[Y].[Y].[c-]1cc[c-]c2c1-c1[c-]cccc1-c1cccc3c1-c1c-2[c-]cc2cccc-3c12. The summed E-state index contributed by atoms with van der Waals surface area (Å²) in [6.45, 7) is 0. The smallest absolute Gasteiger partial charge is 0 e. The van der Waals surface area contributed by atoms with Crippen molar-refractivity contribution in [3.63, 3.8) is 0 Å². The molecule has 2 aliphatic carbocycles. The van der Waals surface area contributed by atoms with Gasteiger partial charge in [-0.25, -0.2) is 46.5 Å². The zero-order valence-electron chi connectivity index (χ0n) is 16.7. The van der Waals surface area contributed by atoms with Crippen molar-refractivity contribution in [2.24, 2.45) is 0 Å². The molecule has 0 aliphatic heterocycles. The maximum Gasteiger partial charge on any atom is 0 e. The molecule has 0 fully saturated rings. The number of hydrogen-bond donors (Lipinski definition) is 0. The summed E-state index contributed by atoms with van der Waals surface area (Å²) in [4.78, 5) is 0. The summed E-state index contributed by atoms with van der Waals surface area (Å²) in [6.07, 6.45) is 0. The molecule has 0 amide bonds. The predicted molar refractivity (Wildman–Crippen MR) is 114 cm³/mol. The first kappa shape index (κ1) is 23.8. The van der Waals surface area contributed by atoms with E-state index in [4.69, 9.17) is 0 Å². The summed E-state index contributed by atoms with van der Waals surface area (Å²) >= 11 is 0. The van der Waals surface area contributed by atoms with Gasteiger partial charge in [0, 0.05) is 98.1 Å². The van der Waals surface area contributed by atoms with Crippen LogP contribution in [0.2, 0.25) is 0 Å². The zero-order chi connectivity index (χ0) is 18.2. The summed E-state index contributed by atoms with van der Waals surface area (Å²) in [7, 11) is 0. The molecule has 0 bridgehead atoms. The van der Waals surface area contributed by atoms with Crippen LogP contribution in [0.15, 0.2) is 72.8 Å². The van der Waals surface area contributed by atoms with Crippen molar-refractivity contribution in [3.8, 4) is 55.6 Å². The van der Waals surface area contributed by atoms with Crippen molar-refractivity contribution in [2.45, 2.75) is 0 Å². The fourth-order valence-electron chi connectivity index (χ4n) is 4.92. The zero-order valence-corrected chi connectivity index (χ0v) is 25.2. The molecule has 2 aliphatic rings. The number of hydrogen-bond acceptors (Lipinski definition) is 0. The van der Waals surface area contributed by atoms with E-state index in [-0.39, 0.29) is 98.1 Å². The molecule has 0 unspecified atom stereocenters. The molecule has 0 nitrogen and oxygen atoms in total. The second-order valence-electron chi connectivity index (χ2n) is 7.37. The average molecular weight is 615 g/mol. The Labute approximate surface area is 257 Å². The van der Waals surface area contributed by atoms with Crippen LogP contribution in [0.1, 0.15) is 0 Å². The van der Waals surface area contributed by atoms with Gasteiger partial charge in [-0.1, -0.05) is 58.3 Å². The van der Waals surface area contributed by atoms with Crippen LogP contribution in [-0.4, -0.2) is 0 Å². The maximum atomic E-state index is 3.59. The molecule has 31 heavy (non-hydrogen) atoms. The van der Waals surface area contributed by atoms with E-state index in [0.717, 1.165) is 22.3 Å². The molecule has 0 atom stereocenters. The van der Waals surface area contributed by atoms with Gasteiger partial charge in [0.25, 0.3) is 0 Å². The van der Waals surface area contributed by atoms with Crippen LogP contribution in [0, 0.1) is 24.3 Å². The third-order valence-corrected chi connectivity index (χ3v) is 6.01. The first-order valence-electron chi connectivity index (χ1n) is 9.47. The molecule has 0 heterocycles. The van der Waals surface area contributed by atoms with Crippen molar-refractivity contribution in [1.82, 2.24) is 0 Å². The quantitative estimate of drug-likeness (QED) is 0.162. The molecule has 0 aromatic heterocycles. The van der Waals surface area contributed by atoms with Gasteiger partial charge in [0.15, 0.2) is 0 Å². The van der Waals surface area contributed by atoms with Gasteiger partial charge in [0.2, 0.25) is 0 Å². The van der Waals surface area contributed by atoms with E-state index in [1.807, 2.05) is 18.2 Å². The molecule has 0 N–H and O–H groups in total. The van der Waals surface area contributed by atoms with E-state index in [9.17, 15) is 0 Å². The first-order valence-corrected chi connectivity index (χ1v) is 9.47. The fourth-order valence-corrected chi connectivity index (χ4v) is 4.92. The molecule has 7 rings (SSSR count). The normalized spacial score (nSPS) is 11.1. The Bertz CT molecular complexity index is 1470. The third kappa shape index (κ3) is 3.32. The Hall–Kier alpha value is -0.328. The minimum atomic E-state index is 0. The largest absolute Gasteiger partial charge is 0.247 e. The molecule has 5 aromatic rings. The van der Waals surface area contributed by atoms with Crippen LogP contribution in [0.5, 0.6) is 0 Å². The van der Waals surface area contributed by atoms with Crippen LogP contribution in [0.25, 0.3) is 66.4 Å². The Kier molecular flexibility index (Phi) is 7.02. The summed E-state index contributed by atoms with van der Waals surface area (Å²) in [5.41, 5.74) is 12.0. The second kappa shape index (κ2) is 9.14. The molecule has 0 saturated carbocycles. The van der Waals surface area contributed by atoms with Crippen molar-refractivity contribution >= 4 is 10.8 Å². The van der Waals surface area contributed by atoms with E-state index >= 15 is 0 Å². The van der Waals surface area contributed by atoms with Crippen molar-refractivity contribution in [2.75, 3.05) is 0 Å². The van der Waals surface area contributed by atoms with Crippen molar-refractivity contribution in [1.29, 1.82) is 0 Å². The minimum absolute atomic E-state index is 0. The Morgan fingerprint density at radius 1 is 0.452 bits per heavy atom. The van der Waals surface area contributed by atoms with Gasteiger partial charge < -0.3 is 0 Å². The standard InChI is InChI=1S/C28H12.3Y/c1-3-10-20-18(8-1)19-9-2-4-11-21(19)25-16-15-17-7-5-12-23-24-14-6-13-22(20)27(24)28(25)26(17)23;;;/h1-7,10,12-15H;;;/q-4;;;. The van der Waals surface area contributed by atoms with E-state index in [1.54, 1.807) is 0 Å². The summed E-state index contributed by atoms with van der Waals surface area (Å²) in [5, 5.41) is 2.56. The van der Waals surface area contributed by atoms with Crippen molar-refractivity contribution < 1.29 is 98.1 Å². The third-order valence-electron chi connectivity index (χ3n) is 6.01. The summed E-state index contributed by atoms with van der Waals surface area (Å²) in [5.74, 6) is 0. The topological polar surface area (TPSA) is 0 Å². The van der Waals surface area contributed by atoms with Gasteiger partial charge in [0.1, 0.15) is 0 Å². The van der Waals surface area contributed by atoms with Gasteiger partial charge >= 0.3 is 0 Å². The minimum Gasteiger partial charge on any atom is -0.247 e. The molecular formula is C28H12Y3-4. The summed E-state index contributed by atoms with van der Waals surface area (Å²) in [6, 6.07) is 39.5. The Balaban J connectivity index is 0.000000771. The molecule has 0 spiro atoms. The van der Waals surface area contributed by atoms with Gasteiger partial charge in [0.05, 0.1) is 0 Å². The van der Waals surface area contributed by atoms with Crippen LogP contribution in [-0.2, 0) is 98.1 Å². The Morgan fingerprint density at radius 2 is 1.06 bits per heavy atom. The molecular weight excluding hydrogens is 603 g/mol. The fraction of sp³-hybridized carbons (Fsp3) is 0. The molecule has 5 aromatic carbocycles. The maximum absolute atomic E-state index is 3.59. The van der Waals surface area contributed by atoms with Gasteiger partial charge in [-0.05, 0) is 11.1 Å². The second-order valence-corrected chi connectivity index (χ2v) is 7.37. The van der Waals surface area contributed by atoms with Crippen molar-refractivity contribution in [3.05, 3.63) is 97.1 Å². The van der Waals surface area contributed by atoms with E-state index in [2.05, 4.69) is 78.9 Å². The number of rotatable bonds is 0. The predicted octanol–water partition coefficient (Wildman–Crippen LogP) is 6.99. The Morgan fingerprint density at radius 3 is 1.87 bits per heavy atom. The summed E-state index contributed by atoms with van der Waals surface area (Å²) < 4.78 is 0. The van der Waals surface area contributed by atoms with Crippen LogP contribution >= 0.6 is 0 Å². The van der Waals surface area contributed by atoms with Gasteiger partial charge in [-0.2, -0.15) is 18.2 Å². The van der Waals surface area contributed by atoms with Crippen LogP contribution in [0.4, 0.5) is 0 Å².